The van der Waals surface area contributed by atoms with Crippen LogP contribution in [-0.4, -0.2) is 33.9 Å². The molecule has 0 spiro atoms. The fourth-order valence-electron chi connectivity index (χ4n) is 4.61. The van der Waals surface area contributed by atoms with Gasteiger partial charge < -0.3 is 15.2 Å². The maximum atomic E-state index is 10.5. The Kier molecular flexibility index (Phi) is 7.84. The smallest absolute Gasteiger partial charge is 0.149 e. The Balaban J connectivity index is 1.75. The largest absolute Gasteiger partial charge is 0.390 e. The van der Waals surface area contributed by atoms with Crippen LogP contribution in [0.4, 0.5) is 5.82 Å². The molecule has 0 amide bonds. The maximum absolute atomic E-state index is 10.5. The Morgan fingerprint density at radius 2 is 1.97 bits per heavy atom. The standard InChI is InChI=1S/C26H37N3O2/c1-6-12-26(5,30)16-18(3)15-19(4)28-23-17-27-25-22(21-10-13-31-14-11-21)9-8-20(7-2)24(25)29-23/h8-9,17,21,30H,3-4,6-7,10-16H2,1-2,5H3,(H,28,29). The fourth-order valence-corrected chi connectivity index (χ4v) is 4.61. The van der Waals surface area contributed by atoms with Gasteiger partial charge in [-0.05, 0) is 56.1 Å². The van der Waals surface area contributed by atoms with E-state index in [1.807, 2.05) is 6.92 Å². The Labute approximate surface area is 186 Å². The van der Waals surface area contributed by atoms with Gasteiger partial charge in [0.05, 0.1) is 22.8 Å². The van der Waals surface area contributed by atoms with Crippen LogP contribution in [0.25, 0.3) is 11.0 Å². The molecule has 2 heterocycles. The summed E-state index contributed by atoms with van der Waals surface area (Å²) in [5.41, 5.74) is 5.50. The first kappa shape index (κ1) is 23.4. The second-order valence-electron chi connectivity index (χ2n) is 9.09. The average molecular weight is 424 g/mol. The molecule has 0 saturated carbocycles. The number of fused-ring (bicyclic) bond motifs is 1. The number of aromatic nitrogens is 2. The summed E-state index contributed by atoms with van der Waals surface area (Å²) in [7, 11) is 0. The summed E-state index contributed by atoms with van der Waals surface area (Å²) >= 11 is 0. The van der Waals surface area contributed by atoms with Gasteiger partial charge in [0, 0.05) is 25.3 Å². The molecular weight excluding hydrogens is 386 g/mol. The summed E-state index contributed by atoms with van der Waals surface area (Å²) in [4.78, 5) is 9.72. The molecule has 1 aromatic carbocycles. The molecule has 168 valence electrons. The van der Waals surface area contributed by atoms with Gasteiger partial charge in [-0.25, -0.2) is 4.98 Å². The number of hydrogen-bond donors (Lipinski definition) is 2. The van der Waals surface area contributed by atoms with Gasteiger partial charge in [0.15, 0.2) is 0 Å². The van der Waals surface area contributed by atoms with Gasteiger partial charge >= 0.3 is 0 Å². The predicted molar refractivity (Wildman–Crippen MR) is 128 cm³/mol. The molecular formula is C26H37N3O2. The lowest BCUT2D eigenvalue weighted by molar-refractivity contribution is 0.0502. The van der Waals surface area contributed by atoms with Gasteiger partial charge in [0.25, 0.3) is 0 Å². The van der Waals surface area contributed by atoms with E-state index in [1.165, 1.54) is 11.1 Å². The predicted octanol–water partition coefficient (Wildman–Crippen LogP) is 5.90. The van der Waals surface area contributed by atoms with Gasteiger partial charge in [-0.15, -0.1) is 0 Å². The van der Waals surface area contributed by atoms with Crippen LogP contribution in [0.15, 0.2) is 42.8 Å². The summed E-state index contributed by atoms with van der Waals surface area (Å²) in [5.74, 6) is 1.17. The quantitative estimate of drug-likeness (QED) is 0.466. The molecule has 1 unspecified atom stereocenters. The number of nitrogens with zero attached hydrogens (tertiary/aromatic N) is 2. The Morgan fingerprint density at radius 3 is 2.65 bits per heavy atom. The van der Waals surface area contributed by atoms with Crippen LogP contribution in [0.5, 0.6) is 0 Å². The minimum Gasteiger partial charge on any atom is -0.390 e. The van der Waals surface area contributed by atoms with Crippen molar-refractivity contribution in [3.63, 3.8) is 0 Å². The molecule has 1 aliphatic rings. The number of rotatable bonds is 10. The number of nitrogens with one attached hydrogen (secondary N) is 1. The van der Waals surface area contributed by atoms with Crippen molar-refractivity contribution in [2.45, 2.75) is 77.2 Å². The molecule has 1 aromatic heterocycles. The molecule has 1 saturated heterocycles. The zero-order chi connectivity index (χ0) is 22.4. The van der Waals surface area contributed by atoms with E-state index in [0.717, 1.165) is 67.6 Å². The summed E-state index contributed by atoms with van der Waals surface area (Å²) in [6.07, 6.45) is 7.64. The van der Waals surface area contributed by atoms with Crippen molar-refractivity contribution < 1.29 is 9.84 Å². The van der Waals surface area contributed by atoms with Gasteiger partial charge in [-0.3, -0.25) is 4.98 Å². The topological polar surface area (TPSA) is 67.3 Å². The number of aliphatic hydroxyl groups is 1. The molecule has 2 N–H and O–H groups in total. The molecule has 5 heteroatoms. The zero-order valence-electron chi connectivity index (χ0n) is 19.3. The molecule has 0 aliphatic carbocycles. The van der Waals surface area contributed by atoms with Crippen molar-refractivity contribution in [2.24, 2.45) is 0 Å². The highest BCUT2D eigenvalue weighted by Gasteiger charge is 2.22. The third-order valence-corrected chi connectivity index (χ3v) is 6.04. The highest BCUT2D eigenvalue weighted by Crippen LogP contribution is 2.33. The first-order chi connectivity index (χ1) is 14.8. The fraction of sp³-hybridized carbons (Fsp3) is 0.538. The Bertz CT molecular complexity index is 930. The van der Waals surface area contributed by atoms with Crippen molar-refractivity contribution in [1.82, 2.24) is 9.97 Å². The van der Waals surface area contributed by atoms with Crippen LogP contribution in [-0.2, 0) is 11.2 Å². The van der Waals surface area contributed by atoms with Gasteiger partial charge in [-0.1, -0.05) is 51.1 Å². The van der Waals surface area contributed by atoms with E-state index in [4.69, 9.17) is 14.7 Å². The van der Waals surface area contributed by atoms with Crippen LogP contribution in [0, 0.1) is 0 Å². The number of anilines is 1. The lowest BCUT2D eigenvalue weighted by atomic mass is 9.89. The minimum absolute atomic E-state index is 0.476. The summed E-state index contributed by atoms with van der Waals surface area (Å²) in [6.45, 7) is 16.0. The monoisotopic (exact) mass is 423 g/mol. The first-order valence-electron chi connectivity index (χ1n) is 11.5. The number of ether oxygens (including phenoxy) is 1. The van der Waals surface area contributed by atoms with Crippen molar-refractivity contribution >= 4 is 16.9 Å². The Hall–Kier alpha value is -2.24. The first-order valence-corrected chi connectivity index (χ1v) is 11.5. The SMILES string of the molecule is C=C(CC(=C)Nc1cnc2c(C3CCOCC3)ccc(CC)c2n1)CC(C)(O)CCC. The van der Waals surface area contributed by atoms with E-state index in [1.54, 1.807) is 6.20 Å². The van der Waals surface area contributed by atoms with E-state index in [9.17, 15) is 5.11 Å². The second-order valence-corrected chi connectivity index (χ2v) is 9.09. The molecule has 2 aromatic rings. The summed E-state index contributed by atoms with van der Waals surface area (Å²) in [6, 6.07) is 4.42. The second kappa shape index (κ2) is 10.4. The highest BCUT2D eigenvalue weighted by molar-refractivity contribution is 5.83. The van der Waals surface area contributed by atoms with Gasteiger partial charge in [0.2, 0.25) is 0 Å². The molecule has 1 atom stereocenters. The third-order valence-electron chi connectivity index (χ3n) is 6.04. The average Bonchev–Trinajstić information content (AvgIpc) is 2.72. The van der Waals surface area contributed by atoms with E-state index in [2.05, 4.69) is 44.5 Å². The number of benzene rings is 1. The van der Waals surface area contributed by atoms with Gasteiger partial charge in [0.1, 0.15) is 5.82 Å². The van der Waals surface area contributed by atoms with E-state index >= 15 is 0 Å². The lowest BCUT2D eigenvalue weighted by Gasteiger charge is -2.24. The number of hydrogen-bond acceptors (Lipinski definition) is 5. The molecule has 1 fully saturated rings. The normalized spacial score (nSPS) is 16.8. The van der Waals surface area contributed by atoms with Crippen molar-refractivity contribution in [1.29, 1.82) is 0 Å². The molecule has 31 heavy (non-hydrogen) atoms. The summed E-state index contributed by atoms with van der Waals surface area (Å²) < 4.78 is 5.54. The number of aryl methyl sites for hydroxylation is 1. The third kappa shape index (κ3) is 6.14. The molecule has 0 radical (unpaired) electrons. The number of allylic oxidation sites excluding steroid dienone is 1. The van der Waals surface area contributed by atoms with Crippen LogP contribution in [0.1, 0.15) is 76.3 Å². The minimum atomic E-state index is -0.717. The zero-order valence-corrected chi connectivity index (χ0v) is 19.3. The molecule has 0 bridgehead atoms. The van der Waals surface area contributed by atoms with E-state index in [0.29, 0.717) is 24.6 Å². The summed E-state index contributed by atoms with van der Waals surface area (Å²) in [5, 5.41) is 13.8. The van der Waals surface area contributed by atoms with Gasteiger partial charge in [-0.2, -0.15) is 0 Å². The Morgan fingerprint density at radius 1 is 1.23 bits per heavy atom. The van der Waals surface area contributed by atoms with Crippen molar-refractivity contribution in [3.05, 3.63) is 53.9 Å². The van der Waals surface area contributed by atoms with Crippen molar-refractivity contribution in [2.75, 3.05) is 18.5 Å². The van der Waals surface area contributed by atoms with Crippen LogP contribution in [0.3, 0.4) is 0 Å². The van der Waals surface area contributed by atoms with E-state index in [-0.39, 0.29) is 0 Å². The van der Waals surface area contributed by atoms with Crippen LogP contribution in [0.2, 0.25) is 0 Å². The van der Waals surface area contributed by atoms with Crippen LogP contribution < -0.4 is 5.32 Å². The van der Waals surface area contributed by atoms with Crippen LogP contribution >= 0.6 is 0 Å². The maximum Gasteiger partial charge on any atom is 0.149 e. The highest BCUT2D eigenvalue weighted by atomic mass is 16.5. The molecule has 1 aliphatic heterocycles. The lowest BCUT2D eigenvalue weighted by Crippen LogP contribution is -2.24. The van der Waals surface area contributed by atoms with E-state index < -0.39 is 5.60 Å². The molecule has 5 nitrogen and oxygen atoms in total. The van der Waals surface area contributed by atoms with Crippen molar-refractivity contribution in [3.8, 4) is 0 Å². The molecule has 3 rings (SSSR count).